The number of nitrogens with one attached hydrogen (secondary N) is 1. The third kappa shape index (κ3) is 4.59. The summed E-state index contributed by atoms with van der Waals surface area (Å²) >= 11 is 1.48. The van der Waals surface area contributed by atoms with Gasteiger partial charge in [0.1, 0.15) is 5.01 Å². The number of non-ortho nitro benzene ring substituents is 1. The lowest BCUT2D eigenvalue weighted by molar-refractivity contribution is -0.384. The number of nitro benzene ring substituents is 1. The molecule has 0 fully saturated rings. The van der Waals surface area contributed by atoms with E-state index in [1.807, 2.05) is 11.4 Å². The van der Waals surface area contributed by atoms with Crippen LogP contribution < -0.4 is 5.32 Å². The lowest BCUT2D eigenvalue weighted by Crippen LogP contribution is -2.21. The SMILES string of the molecule is CC(CCO)CNCc1csc(-c2cccc([N+](=O)[O-])c2)n1. The molecule has 0 aliphatic carbocycles. The van der Waals surface area contributed by atoms with E-state index >= 15 is 0 Å². The second kappa shape index (κ2) is 7.98. The first-order valence-corrected chi connectivity index (χ1v) is 7.99. The van der Waals surface area contributed by atoms with Crippen LogP contribution in [0.3, 0.4) is 0 Å². The fourth-order valence-electron chi connectivity index (χ4n) is 2.04. The van der Waals surface area contributed by atoms with Crippen LogP contribution in [0, 0.1) is 16.0 Å². The van der Waals surface area contributed by atoms with E-state index in [0.29, 0.717) is 12.5 Å². The van der Waals surface area contributed by atoms with Crippen molar-refractivity contribution < 1.29 is 10.0 Å². The van der Waals surface area contributed by atoms with Crippen LogP contribution in [0.2, 0.25) is 0 Å². The maximum absolute atomic E-state index is 10.8. The number of nitrogens with zero attached hydrogens (tertiary/aromatic N) is 2. The van der Waals surface area contributed by atoms with Gasteiger partial charge >= 0.3 is 0 Å². The highest BCUT2D eigenvalue weighted by Gasteiger charge is 2.10. The highest BCUT2D eigenvalue weighted by atomic mass is 32.1. The van der Waals surface area contributed by atoms with E-state index in [2.05, 4.69) is 17.2 Å². The Morgan fingerprint density at radius 3 is 3.05 bits per heavy atom. The van der Waals surface area contributed by atoms with Crippen molar-refractivity contribution in [3.05, 3.63) is 45.5 Å². The smallest absolute Gasteiger partial charge is 0.270 e. The van der Waals surface area contributed by atoms with Crippen LogP contribution in [0.25, 0.3) is 10.6 Å². The third-order valence-corrected chi connectivity index (χ3v) is 4.22. The fourth-order valence-corrected chi connectivity index (χ4v) is 2.86. The first-order chi connectivity index (χ1) is 10.6. The third-order valence-electron chi connectivity index (χ3n) is 3.28. The largest absolute Gasteiger partial charge is 0.396 e. The highest BCUT2D eigenvalue weighted by Crippen LogP contribution is 2.26. The fraction of sp³-hybridized carbons (Fsp3) is 0.400. The molecule has 0 saturated carbocycles. The number of aliphatic hydroxyl groups is 1. The lowest BCUT2D eigenvalue weighted by atomic mass is 10.1. The molecule has 1 heterocycles. The van der Waals surface area contributed by atoms with E-state index in [0.717, 1.165) is 29.2 Å². The molecular weight excluding hydrogens is 302 g/mol. The molecule has 2 aromatic rings. The van der Waals surface area contributed by atoms with Gasteiger partial charge in [-0.2, -0.15) is 0 Å². The molecule has 0 aliphatic rings. The van der Waals surface area contributed by atoms with Crippen molar-refractivity contribution in [2.24, 2.45) is 5.92 Å². The van der Waals surface area contributed by atoms with Gasteiger partial charge in [-0.15, -0.1) is 11.3 Å². The van der Waals surface area contributed by atoms with Crippen LogP contribution in [-0.4, -0.2) is 28.2 Å². The summed E-state index contributed by atoms with van der Waals surface area (Å²) < 4.78 is 0. The quantitative estimate of drug-likeness (QED) is 0.576. The van der Waals surface area contributed by atoms with Gasteiger partial charge < -0.3 is 10.4 Å². The Hall–Kier alpha value is -1.83. The van der Waals surface area contributed by atoms with E-state index in [9.17, 15) is 10.1 Å². The molecule has 0 aliphatic heterocycles. The summed E-state index contributed by atoms with van der Waals surface area (Å²) in [5.41, 5.74) is 1.76. The van der Waals surface area contributed by atoms with Gasteiger partial charge in [-0.3, -0.25) is 10.1 Å². The predicted molar refractivity (Wildman–Crippen MR) is 86.8 cm³/mol. The first-order valence-electron chi connectivity index (χ1n) is 7.11. The zero-order valence-corrected chi connectivity index (χ0v) is 13.2. The molecule has 118 valence electrons. The number of aromatic nitrogens is 1. The molecule has 0 spiro atoms. The molecule has 22 heavy (non-hydrogen) atoms. The summed E-state index contributed by atoms with van der Waals surface area (Å²) in [4.78, 5) is 14.9. The van der Waals surface area contributed by atoms with Gasteiger partial charge in [0.25, 0.3) is 5.69 Å². The molecule has 0 amide bonds. The Morgan fingerprint density at radius 1 is 1.50 bits per heavy atom. The molecule has 7 heteroatoms. The summed E-state index contributed by atoms with van der Waals surface area (Å²) in [7, 11) is 0. The van der Waals surface area contributed by atoms with Gasteiger partial charge in [0, 0.05) is 36.2 Å². The van der Waals surface area contributed by atoms with Crippen molar-refractivity contribution in [1.29, 1.82) is 0 Å². The summed E-state index contributed by atoms with van der Waals surface area (Å²) in [5.74, 6) is 0.417. The van der Waals surface area contributed by atoms with E-state index in [-0.39, 0.29) is 12.3 Å². The molecule has 1 aromatic carbocycles. The van der Waals surface area contributed by atoms with Gasteiger partial charge in [-0.25, -0.2) is 4.98 Å². The Morgan fingerprint density at radius 2 is 2.32 bits per heavy atom. The average Bonchev–Trinajstić information content (AvgIpc) is 2.96. The number of hydrogen-bond acceptors (Lipinski definition) is 6. The van der Waals surface area contributed by atoms with Gasteiger partial charge in [0.2, 0.25) is 0 Å². The van der Waals surface area contributed by atoms with E-state index in [4.69, 9.17) is 5.11 Å². The van der Waals surface area contributed by atoms with Crippen molar-refractivity contribution in [3.8, 4) is 10.6 Å². The van der Waals surface area contributed by atoms with Crippen molar-refractivity contribution in [1.82, 2.24) is 10.3 Å². The molecule has 1 aromatic heterocycles. The second-order valence-electron chi connectivity index (χ2n) is 5.20. The van der Waals surface area contributed by atoms with E-state index < -0.39 is 4.92 Å². The van der Waals surface area contributed by atoms with Gasteiger partial charge in [0.05, 0.1) is 10.6 Å². The molecule has 0 radical (unpaired) electrons. The Balaban J connectivity index is 1.96. The molecule has 0 bridgehead atoms. The molecular formula is C15H19N3O3S. The molecule has 2 N–H and O–H groups in total. The van der Waals surface area contributed by atoms with Gasteiger partial charge in [-0.05, 0) is 18.9 Å². The van der Waals surface area contributed by atoms with Crippen molar-refractivity contribution in [2.45, 2.75) is 19.9 Å². The zero-order valence-electron chi connectivity index (χ0n) is 12.4. The minimum atomic E-state index is -0.401. The molecule has 1 unspecified atom stereocenters. The van der Waals surface area contributed by atoms with Gasteiger partial charge in [-0.1, -0.05) is 19.1 Å². The Bertz CT molecular complexity index is 630. The average molecular weight is 321 g/mol. The van der Waals surface area contributed by atoms with Crippen molar-refractivity contribution in [2.75, 3.05) is 13.2 Å². The zero-order chi connectivity index (χ0) is 15.9. The molecule has 6 nitrogen and oxygen atoms in total. The molecule has 0 saturated heterocycles. The Labute approximate surface area is 133 Å². The number of benzene rings is 1. The van der Waals surface area contributed by atoms with Crippen LogP contribution >= 0.6 is 11.3 Å². The minimum absolute atomic E-state index is 0.0743. The van der Waals surface area contributed by atoms with Crippen LogP contribution in [0.1, 0.15) is 19.0 Å². The number of hydrogen-bond donors (Lipinski definition) is 2. The summed E-state index contributed by atoms with van der Waals surface area (Å²) in [5, 5.41) is 25.7. The molecule has 2 rings (SSSR count). The topological polar surface area (TPSA) is 88.3 Å². The van der Waals surface area contributed by atoms with Crippen LogP contribution in [0.4, 0.5) is 5.69 Å². The highest BCUT2D eigenvalue weighted by molar-refractivity contribution is 7.13. The summed E-state index contributed by atoms with van der Waals surface area (Å²) in [6, 6.07) is 6.51. The predicted octanol–water partition coefficient (Wildman–Crippen LogP) is 2.83. The lowest BCUT2D eigenvalue weighted by Gasteiger charge is -2.09. The number of thiazole rings is 1. The number of rotatable bonds is 8. The number of nitro groups is 1. The maximum Gasteiger partial charge on any atom is 0.270 e. The molecule has 1 atom stereocenters. The standard InChI is InChI=1S/C15H19N3O3S/c1-11(5-6-19)8-16-9-13-10-22-15(17-13)12-3-2-4-14(7-12)18(20)21/h2-4,7,10-11,16,19H,5-6,8-9H2,1H3. The monoisotopic (exact) mass is 321 g/mol. The minimum Gasteiger partial charge on any atom is -0.396 e. The normalized spacial score (nSPS) is 12.3. The van der Waals surface area contributed by atoms with E-state index in [1.54, 1.807) is 12.1 Å². The van der Waals surface area contributed by atoms with Crippen LogP contribution in [0.5, 0.6) is 0 Å². The van der Waals surface area contributed by atoms with Crippen LogP contribution in [-0.2, 0) is 6.54 Å². The van der Waals surface area contributed by atoms with Crippen molar-refractivity contribution in [3.63, 3.8) is 0 Å². The van der Waals surface area contributed by atoms with Crippen LogP contribution in [0.15, 0.2) is 29.6 Å². The summed E-state index contributed by atoms with van der Waals surface area (Å²) in [6.07, 6.45) is 0.781. The van der Waals surface area contributed by atoms with Crippen molar-refractivity contribution >= 4 is 17.0 Å². The summed E-state index contributed by atoms with van der Waals surface area (Å²) in [6.45, 7) is 3.76. The number of aliphatic hydroxyl groups excluding tert-OH is 1. The Kier molecular flexibility index (Phi) is 6.00. The second-order valence-corrected chi connectivity index (χ2v) is 6.06. The maximum atomic E-state index is 10.8. The van der Waals surface area contributed by atoms with Gasteiger partial charge in [0.15, 0.2) is 0 Å². The van der Waals surface area contributed by atoms with E-state index in [1.165, 1.54) is 17.4 Å². The first kappa shape index (κ1) is 16.5.